The van der Waals surface area contributed by atoms with Crippen LogP contribution in [-0.2, 0) is 23.3 Å². The van der Waals surface area contributed by atoms with Gasteiger partial charge in [-0.3, -0.25) is 9.69 Å². The lowest BCUT2D eigenvalue weighted by Gasteiger charge is -2.38. The van der Waals surface area contributed by atoms with Gasteiger partial charge < -0.3 is 14.4 Å². The van der Waals surface area contributed by atoms with Gasteiger partial charge in [-0.25, -0.2) is 12.8 Å². The van der Waals surface area contributed by atoms with E-state index in [2.05, 4.69) is 42.2 Å². The number of aryl methyl sites for hydroxylation is 2. The van der Waals surface area contributed by atoms with Gasteiger partial charge in [0.2, 0.25) is 0 Å². The molecule has 3 atom stereocenters. The first kappa shape index (κ1) is 25.5. The fourth-order valence-corrected chi connectivity index (χ4v) is 7.79. The van der Waals surface area contributed by atoms with Gasteiger partial charge in [0.15, 0.2) is 9.84 Å². The lowest BCUT2D eigenvalue weighted by atomic mass is 9.92. The van der Waals surface area contributed by atoms with Crippen molar-refractivity contribution in [3.63, 3.8) is 0 Å². The molecule has 0 saturated carbocycles. The highest BCUT2D eigenvalue weighted by Crippen LogP contribution is 2.44. The third kappa shape index (κ3) is 4.06. The molecule has 9 heteroatoms. The van der Waals surface area contributed by atoms with Crippen LogP contribution in [0.2, 0.25) is 0 Å². The Balaban J connectivity index is 1.33. The number of likely N-dealkylation sites (tertiary alicyclic amines) is 2. The Hall–Kier alpha value is -2.75. The molecule has 38 heavy (non-hydrogen) atoms. The van der Waals surface area contributed by atoms with Crippen LogP contribution in [0.15, 0.2) is 42.6 Å². The number of rotatable bonds is 5. The molecule has 3 aromatic rings. The molecule has 1 unspecified atom stereocenters. The molecule has 2 aromatic carbocycles. The molecule has 3 heterocycles. The van der Waals surface area contributed by atoms with E-state index in [1.165, 1.54) is 11.8 Å². The van der Waals surface area contributed by atoms with Crippen molar-refractivity contribution < 1.29 is 17.6 Å². The molecule has 0 bridgehead atoms. The summed E-state index contributed by atoms with van der Waals surface area (Å²) in [5.41, 5.74) is 4.66. The minimum absolute atomic E-state index is 0.0833. The van der Waals surface area contributed by atoms with Crippen LogP contribution in [0.25, 0.3) is 10.9 Å². The van der Waals surface area contributed by atoms with E-state index in [9.17, 15) is 17.6 Å². The molecule has 3 aliphatic rings. The van der Waals surface area contributed by atoms with Gasteiger partial charge in [-0.05, 0) is 50.2 Å². The average Bonchev–Trinajstić information content (AvgIpc) is 3.52. The molecule has 6 rings (SSSR count). The monoisotopic (exact) mass is 538 g/mol. The number of sulfone groups is 1. The van der Waals surface area contributed by atoms with E-state index < -0.39 is 15.1 Å². The summed E-state index contributed by atoms with van der Waals surface area (Å²) in [6.45, 7) is 2.16. The van der Waals surface area contributed by atoms with E-state index in [-0.39, 0.29) is 42.8 Å². The van der Waals surface area contributed by atoms with Crippen LogP contribution >= 0.6 is 0 Å². The maximum atomic E-state index is 14.9. The van der Waals surface area contributed by atoms with Crippen LogP contribution in [0.3, 0.4) is 0 Å². The molecule has 1 aromatic heterocycles. The summed E-state index contributed by atoms with van der Waals surface area (Å²) < 4.78 is 40.6. The van der Waals surface area contributed by atoms with Crippen LogP contribution in [0.4, 0.5) is 4.39 Å². The molecule has 0 radical (unpaired) electrons. The van der Waals surface area contributed by atoms with Gasteiger partial charge >= 0.3 is 0 Å². The lowest BCUT2D eigenvalue weighted by Crippen LogP contribution is -2.56. The highest BCUT2D eigenvalue weighted by molar-refractivity contribution is 7.91. The Morgan fingerprint density at radius 1 is 1.05 bits per heavy atom. The van der Waals surface area contributed by atoms with Crippen LogP contribution in [0.1, 0.15) is 45.4 Å². The van der Waals surface area contributed by atoms with Gasteiger partial charge in [0.05, 0.1) is 16.3 Å². The SMILES string of the molecule is CN(C)[C@H]1CN(C2CCc3cccc(F)c32)C[C@@H]1c1cn(C)c2c(C(=O)N3CC(S(C)(=O)=O)C3)cccc12. The van der Waals surface area contributed by atoms with Crippen LogP contribution in [-0.4, -0.2) is 91.4 Å². The molecule has 1 aliphatic carbocycles. The second kappa shape index (κ2) is 9.17. The minimum Gasteiger partial charge on any atom is -0.350 e. The first-order valence-electron chi connectivity index (χ1n) is 13.3. The average molecular weight is 539 g/mol. The van der Waals surface area contributed by atoms with Crippen molar-refractivity contribution in [3.8, 4) is 0 Å². The summed E-state index contributed by atoms with van der Waals surface area (Å²) >= 11 is 0. The van der Waals surface area contributed by atoms with Crippen molar-refractivity contribution in [3.05, 3.63) is 70.7 Å². The van der Waals surface area contributed by atoms with Gasteiger partial charge in [-0.2, -0.15) is 0 Å². The Kier molecular flexibility index (Phi) is 6.16. The van der Waals surface area contributed by atoms with Crippen molar-refractivity contribution in [2.45, 2.75) is 36.1 Å². The summed E-state index contributed by atoms with van der Waals surface area (Å²) in [6.07, 6.45) is 5.21. The molecule has 0 N–H and O–H groups in total. The number of benzene rings is 2. The number of hydrogen-bond donors (Lipinski definition) is 0. The summed E-state index contributed by atoms with van der Waals surface area (Å²) in [7, 11) is 3.03. The number of carbonyl (C=O) groups excluding carboxylic acids is 1. The van der Waals surface area contributed by atoms with E-state index in [1.54, 1.807) is 11.0 Å². The molecule has 7 nitrogen and oxygen atoms in total. The quantitative estimate of drug-likeness (QED) is 0.499. The Morgan fingerprint density at radius 3 is 2.50 bits per heavy atom. The van der Waals surface area contributed by atoms with Crippen LogP contribution in [0.5, 0.6) is 0 Å². The normalized spacial score (nSPS) is 24.4. The number of likely N-dealkylation sites (N-methyl/N-ethyl adjacent to an activating group) is 1. The molecule has 2 fully saturated rings. The van der Waals surface area contributed by atoms with Gasteiger partial charge in [-0.1, -0.05) is 24.3 Å². The number of aromatic nitrogens is 1. The third-order valence-corrected chi connectivity index (χ3v) is 10.5. The van der Waals surface area contributed by atoms with E-state index >= 15 is 0 Å². The highest BCUT2D eigenvalue weighted by Gasteiger charge is 2.43. The highest BCUT2D eigenvalue weighted by atomic mass is 32.2. The van der Waals surface area contributed by atoms with E-state index in [0.717, 1.165) is 48.0 Å². The standard InChI is InChI=1S/C29H35FN4O3S/c1-31(2)26-17-33(25-12-11-18-7-5-10-24(30)27(18)25)16-23(26)22-15-32(3)28-20(22)8-6-9-21(28)29(35)34-13-19(14-34)38(4,36)37/h5-10,15,19,23,25-26H,11-14,16-17H2,1-4H3/t23-,25?,26+/m1/s1. The lowest BCUT2D eigenvalue weighted by molar-refractivity contribution is 0.0661. The Labute approximate surface area is 223 Å². The van der Waals surface area contributed by atoms with Gasteiger partial charge in [0.1, 0.15) is 5.82 Å². The zero-order valence-electron chi connectivity index (χ0n) is 22.4. The molecular weight excluding hydrogens is 503 g/mol. The number of fused-ring (bicyclic) bond motifs is 2. The first-order valence-corrected chi connectivity index (χ1v) is 15.2. The minimum atomic E-state index is -3.15. The largest absolute Gasteiger partial charge is 0.350 e. The summed E-state index contributed by atoms with van der Waals surface area (Å²) in [5.74, 6) is -0.0285. The number of para-hydroxylation sites is 1. The van der Waals surface area contributed by atoms with Gasteiger partial charge in [0, 0.05) is 74.6 Å². The summed E-state index contributed by atoms with van der Waals surface area (Å²) in [4.78, 5) is 19.7. The number of hydrogen-bond acceptors (Lipinski definition) is 5. The molecule has 2 saturated heterocycles. The molecule has 202 valence electrons. The molecular formula is C29H35FN4O3S. The predicted molar refractivity (Wildman–Crippen MR) is 147 cm³/mol. The third-order valence-electron chi connectivity index (χ3n) is 8.99. The Morgan fingerprint density at radius 2 is 1.79 bits per heavy atom. The van der Waals surface area contributed by atoms with Crippen molar-refractivity contribution in [1.82, 2.24) is 19.3 Å². The second-order valence-electron chi connectivity index (χ2n) is 11.5. The maximum absolute atomic E-state index is 14.9. The topological polar surface area (TPSA) is 65.9 Å². The van der Waals surface area contributed by atoms with Crippen LogP contribution in [0, 0.1) is 5.82 Å². The molecule has 0 spiro atoms. The van der Waals surface area contributed by atoms with E-state index in [4.69, 9.17) is 0 Å². The zero-order chi connectivity index (χ0) is 26.9. The van der Waals surface area contributed by atoms with Crippen LogP contribution < -0.4 is 0 Å². The van der Waals surface area contributed by atoms with Crippen molar-refractivity contribution in [2.24, 2.45) is 7.05 Å². The zero-order valence-corrected chi connectivity index (χ0v) is 23.2. The second-order valence-corrected chi connectivity index (χ2v) is 13.8. The number of amides is 1. The van der Waals surface area contributed by atoms with E-state index in [1.807, 2.05) is 29.8 Å². The first-order chi connectivity index (χ1) is 18.0. The summed E-state index contributed by atoms with van der Waals surface area (Å²) in [5, 5.41) is 0.570. The van der Waals surface area contributed by atoms with Crippen molar-refractivity contribution in [1.29, 1.82) is 0 Å². The van der Waals surface area contributed by atoms with E-state index in [0.29, 0.717) is 5.56 Å². The van der Waals surface area contributed by atoms with Gasteiger partial charge in [0.25, 0.3) is 5.91 Å². The predicted octanol–water partition coefficient (Wildman–Crippen LogP) is 3.20. The number of nitrogens with zero attached hydrogens (tertiary/aromatic N) is 4. The van der Waals surface area contributed by atoms with Gasteiger partial charge in [-0.15, -0.1) is 0 Å². The smallest absolute Gasteiger partial charge is 0.256 e. The van der Waals surface area contributed by atoms with Crippen molar-refractivity contribution >= 4 is 26.6 Å². The summed E-state index contributed by atoms with van der Waals surface area (Å²) in [6, 6.07) is 11.6. The molecule has 2 aliphatic heterocycles. The van der Waals surface area contributed by atoms with Crippen molar-refractivity contribution in [2.75, 3.05) is 46.5 Å². The number of carbonyl (C=O) groups is 1. The number of halogens is 1. The maximum Gasteiger partial charge on any atom is 0.256 e. The fraction of sp³-hybridized carbons (Fsp3) is 0.483. The molecule has 1 amide bonds. The fourth-order valence-electron chi connectivity index (χ4n) is 6.89. The Bertz CT molecular complexity index is 1530.